The first-order chi connectivity index (χ1) is 13.0. The number of benzene rings is 2. The Hall–Kier alpha value is -3.54. The maximum absolute atomic E-state index is 12.7. The Bertz CT molecular complexity index is 1010. The van der Waals surface area contributed by atoms with Crippen LogP contribution in [-0.4, -0.2) is 25.1 Å². The number of methoxy groups -OCH3 is 2. The smallest absolute Gasteiger partial charge is 0.270 e. The Kier molecular flexibility index (Phi) is 5.26. The predicted molar refractivity (Wildman–Crippen MR) is 106 cm³/mol. The third-order valence-corrected chi connectivity index (χ3v) is 4.15. The van der Waals surface area contributed by atoms with Gasteiger partial charge in [-0.1, -0.05) is 24.8 Å². The zero-order chi connectivity index (χ0) is 19.4. The zero-order valence-electron chi connectivity index (χ0n) is 15.5. The molecule has 0 bridgehead atoms. The summed E-state index contributed by atoms with van der Waals surface area (Å²) >= 11 is 0. The molecule has 0 aliphatic carbocycles. The van der Waals surface area contributed by atoms with Crippen LogP contribution in [0, 0.1) is 6.92 Å². The van der Waals surface area contributed by atoms with Crippen LogP contribution >= 0.6 is 0 Å². The lowest BCUT2D eigenvalue weighted by Gasteiger charge is -2.14. The third kappa shape index (κ3) is 3.84. The topological polar surface area (TPSA) is 72.5 Å². The molecule has 2 N–H and O–H groups in total. The minimum Gasteiger partial charge on any atom is -0.493 e. The van der Waals surface area contributed by atoms with Crippen molar-refractivity contribution in [3.8, 4) is 11.5 Å². The van der Waals surface area contributed by atoms with E-state index in [1.54, 1.807) is 32.4 Å². The summed E-state index contributed by atoms with van der Waals surface area (Å²) in [4.78, 5) is 17.1. The number of nitrogens with one attached hydrogen (secondary N) is 2. The summed E-state index contributed by atoms with van der Waals surface area (Å²) in [6.45, 7) is 5.83. The summed E-state index contributed by atoms with van der Waals surface area (Å²) in [5, 5.41) is 0.791. The van der Waals surface area contributed by atoms with E-state index in [1.807, 2.05) is 37.3 Å². The van der Waals surface area contributed by atoms with Gasteiger partial charge in [0.25, 0.3) is 5.91 Å². The summed E-state index contributed by atoms with van der Waals surface area (Å²) in [6.07, 6.45) is 0. The molecule has 0 fully saturated rings. The first kappa shape index (κ1) is 18.3. The third-order valence-electron chi connectivity index (χ3n) is 4.15. The fourth-order valence-corrected chi connectivity index (χ4v) is 2.79. The van der Waals surface area contributed by atoms with Crippen molar-refractivity contribution in [2.24, 2.45) is 0 Å². The Morgan fingerprint density at radius 3 is 2.48 bits per heavy atom. The minimum absolute atomic E-state index is 0.265. The molecule has 0 radical (unpaired) electrons. The number of para-hydroxylation sites is 1. The van der Waals surface area contributed by atoms with E-state index in [-0.39, 0.29) is 5.91 Å². The van der Waals surface area contributed by atoms with Gasteiger partial charge in [0.15, 0.2) is 11.5 Å². The van der Waals surface area contributed by atoms with Crippen LogP contribution in [-0.2, 0) is 0 Å². The van der Waals surface area contributed by atoms with Crippen LogP contribution in [0.2, 0.25) is 0 Å². The number of amides is 1. The molecule has 0 saturated carbocycles. The van der Waals surface area contributed by atoms with Crippen LogP contribution in [0.3, 0.4) is 0 Å². The molecule has 0 aliphatic heterocycles. The molecule has 0 unspecified atom stereocenters. The maximum atomic E-state index is 12.7. The molecule has 1 heterocycles. The predicted octanol–water partition coefficient (Wildman–Crippen LogP) is 3.47. The van der Waals surface area contributed by atoms with Crippen molar-refractivity contribution in [1.82, 2.24) is 15.8 Å². The first-order valence-corrected chi connectivity index (χ1v) is 8.37. The summed E-state index contributed by atoms with van der Waals surface area (Å²) in [5.74, 6) is 0.940. The zero-order valence-corrected chi connectivity index (χ0v) is 15.5. The van der Waals surface area contributed by atoms with E-state index in [0.717, 1.165) is 22.2 Å². The molecule has 0 spiro atoms. The summed E-state index contributed by atoms with van der Waals surface area (Å²) in [5.41, 5.74) is 8.95. The normalized spacial score (nSPS) is 10.3. The van der Waals surface area contributed by atoms with Gasteiger partial charge in [0, 0.05) is 16.6 Å². The van der Waals surface area contributed by atoms with Crippen molar-refractivity contribution in [3.63, 3.8) is 0 Å². The van der Waals surface area contributed by atoms with Gasteiger partial charge in [-0.2, -0.15) is 0 Å². The van der Waals surface area contributed by atoms with E-state index in [1.165, 1.54) is 0 Å². The largest absolute Gasteiger partial charge is 0.493 e. The highest BCUT2D eigenvalue weighted by Crippen LogP contribution is 2.29. The Morgan fingerprint density at radius 2 is 1.74 bits per heavy atom. The lowest BCUT2D eigenvalue weighted by molar-refractivity contribution is 0.0944. The molecule has 1 aromatic heterocycles. The number of carbonyl (C=O) groups is 1. The second-order valence-corrected chi connectivity index (χ2v) is 5.96. The van der Waals surface area contributed by atoms with E-state index >= 15 is 0 Å². The number of carbonyl (C=O) groups excluding carboxylic acids is 1. The lowest BCUT2D eigenvalue weighted by atomic mass is 10.1. The minimum atomic E-state index is -0.265. The molecular formula is C21H21N3O3. The second-order valence-electron chi connectivity index (χ2n) is 5.96. The van der Waals surface area contributed by atoms with Gasteiger partial charge >= 0.3 is 0 Å². The molecule has 3 aromatic rings. The van der Waals surface area contributed by atoms with E-state index in [0.29, 0.717) is 22.8 Å². The molecule has 0 saturated heterocycles. The van der Waals surface area contributed by atoms with E-state index in [4.69, 9.17) is 9.47 Å². The summed E-state index contributed by atoms with van der Waals surface area (Å²) < 4.78 is 10.5. The Labute approximate surface area is 157 Å². The highest BCUT2D eigenvalue weighted by Gasteiger charge is 2.13. The molecule has 6 nitrogen and oxygen atoms in total. The monoisotopic (exact) mass is 363 g/mol. The van der Waals surface area contributed by atoms with Gasteiger partial charge in [0.1, 0.15) is 0 Å². The van der Waals surface area contributed by atoms with Crippen molar-refractivity contribution in [2.45, 2.75) is 6.92 Å². The van der Waals surface area contributed by atoms with E-state index in [9.17, 15) is 4.79 Å². The maximum Gasteiger partial charge on any atom is 0.270 e. The van der Waals surface area contributed by atoms with Gasteiger partial charge in [-0.05, 0) is 37.3 Å². The number of hydrogen-bond donors (Lipinski definition) is 2. The molecule has 2 aromatic carbocycles. The highest BCUT2D eigenvalue weighted by atomic mass is 16.5. The average molecular weight is 363 g/mol. The second kappa shape index (κ2) is 7.78. The summed E-state index contributed by atoms with van der Waals surface area (Å²) in [6, 6.07) is 14.7. The number of aromatic nitrogens is 1. The van der Waals surface area contributed by atoms with E-state index < -0.39 is 0 Å². The lowest BCUT2D eigenvalue weighted by Crippen LogP contribution is -2.36. The number of pyridine rings is 1. The van der Waals surface area contributed by atoms with Crippen LogP contribution in [0.5, 0.6) is 11.5 Å². The van der Waals surface area contributed by atoms with Crippen LogP contribution in [0.1, 0.15) is 21.6 Å². The van der Waals surface area contributed by atoms with Crippen molar-refractivity contribution in [3.05, 3.63) is 71.9 Å². The molecule has 27 heavy (non-hydrogen) atoms. The molecule has 0 atom stereocenters. The van der Waals surface area contributed by atoms with Crippen LogP contribution in [0.25, 0.3) is 16.6 Å². The number of hydrazine groups is 1. The highest BCUT2D eigenvalue weighted by molar-refractivity contribution is 6.06. The van der Waals surface area contributed by atoms with Gasteiger partial charge in [0.2, 0.25) is 0 Å². The summed E-state index contributed by atoms with van der Waals surface area (Å²) in [7, 11) is 3.14. The van der Waals surface area contributed by atoms with Crippen molar-refractivity contribution < 1.29 is 14.3 Å². The molecule has 138 valence electrons. The Balaban J connectivity index is 1.77. The van der Waals surface area contributed by atoms with Crippen molar-refractivity contribution >= 4 is 22.5 Å². The molecule has 6 heteroatoms. The van der Waals surface area contributed by atoms with Crippen LogP contribution < -0.4 is 20.3 Å². The van der Waals surface area contributed by atoms with Gasteiger partial charge in [-0.15, -0.1) is 0 Å². The number of rotatable bonds is 6. The Morgan fingerprint density at radius 1 is 1.00 bits per heavy atom. The van der Waals surface area contributed by atoms with Gasteiger partial charge < -0.3 is 9.47 Å². The molecule has 3 rings (SSSR count). The van der Waals surface area contributed by atoms with Crippen molar-refractivity contribution in [1.29, 1.82) is 0 Å². The molecule has 1 amide bonds. The van der Waals surface area contributed by atoms with Gasteiger partial charge in [-0.3, -0.25) is 20.6 Å². The fourth-order valence-electron chi connectivity index (χ4n) is 2.79. The van der Waals surface area contributed by atoms with Crippen molar-refractivity contribution in [2.75, 3.05) is 14.2 Å². The molecule has 0 aliphatic rings. The molecular weight excluding hydrogens is 342 g/mol. The first-order valence-electron chi connectivity index (χ1n) is 8.37. The standard InChI is InChI=1S/C21H21N3O3/c1-13-11-17(16-7-5-6-8-18(16)22-13)21(25)24-23-14(2)15-9-10-19(26-3)20(12-15)27-4/h5-12,23H,2H2,1,3-4H3,(H,24,25). The number of ether oxygens (including phenoxy) is 2. The quantitative estimate of drug-likeness (QED) is 0.656. The van der Waals surface area contributed by atoms with Crippen LogP contribution in [0.4, 0.5) is 0 Å². The SMILES string of the molecule is C=C(NNC(=O)c1cc(C)nc2ccccc12)c1ccc(OC)c(OC)c1. The van der Waals surface area contributed by atoms with Gasteiger partial charge in [-0.25, -0.2) is 0 Å². The average Bonchev–Trinajstić information content (AvgIpc) is 2.70. The van der Waals surface area contributed by atoms with Crippen LogP contribution in [0.15, 0.2) is 55.1 Å². The number of fused-ring (bicyclic) bond motifs is 1. The van der Waals surface area contributed by atoms with E-state index in [2.05, 4.69) is 22.4 Å². The number of nitrogens with zero attached hydrogens (tertiary/aromatic N) is 1. The number of hydrogen-bond acceptors (Lipinski definition) is 5. The fraction of sp³-hybridized carbons (Fsp3) is 0.143. The number of aryl methyl sites for hydroxylation is 1. The van der Waals surface area contributed by atoms with Gasteiger partial charge in [0.05, 0.1) is 31.0 Å².